The van der Waals surface area contributed by atoms with Crippen molar-refractivity contribution in [2.24, 2.45) is 0 Å². The molecule has 2 heterocycles. The van der Waals surface area contributed by atoms with Gasteiger partial charge in [-0.3, -0.25) is 4.90 Å². The normalized spacial score (nSPS) is 31.6. The van der Waals surface area contributed by atoms with Crippen LogP contribution in [0.5, 0.6) is 0 Å². The Morgan fingerprint density at radius 2 is 2.10 bits per heavy atom. The van der Waals surface area contributed by atoms with Crippen LogP contribution in [0.3, 0.4) is 0 Å². The van der Waals surface area contributed by atoms with E-state index in [1.54, 1.807) is 0 Å². The number of nitrogens with zero attached hydrogens (tertiary/aromatic N) is 1. The summed E-state index contributed by atoms with van der Waals surface area (Å²) in [5.41, 5.74) is 1.44. The molecule has 3 rings (SSSR count). The first-order chi connectivity index (χ1) is 9.81. The lowest BCUT2D eigenvalue weighted by molar-refractivity contribution is 0.175. The summed E-state index contributed by atoms with van der Waals surface area (Å²) < 4.78 is 0. The van der Waals surface area contributed by atoms with Gasteiger partial charge >= 0.3 is 0 Å². The zero-order valence-corrected chi connectivity index (χ0v) is 13.2. The van der Waals surface area contributed by atoms with Crippen LogP contribution in [-0.4, -0.2) is 41.1 Å². The molecule has 0 bridgehead atoms. The fourth-order valence-corrected chi connectivity index (χ4v) is 4.64. The fraction of sp³-hybridized carbons (Fsp3) is 0.647. The second-order valence-corrected chi connectivity index (χ2v) is 7.68. The van der Waals surface area contributed by atoms with Gasteiger partial charge in [0, 0.05) is 30.4 Å². The minimum absolute atomic E-state index is 0.693. The van der Waals surface area contributed by atoms with Gasteiger partial charge in [0.05, 0.1) is 0 Å². The average molecular weight is 290 g/mol. The van der Waals surface area contributed by atoms with E-state index in [2.05, 4.69) is 59.2 Å². The number of benzene rings is 1. The van der Waals surface area contributed by atoms with Crippen molar-refractivity contribution in [3.8, 4) is 0 Å². The molecule has 2 aliphatic rings. The van der Waals surface area contributed by atoms with Gasteiger partial charge in [-0.15, -0.1) is 0 Å². The van der Waals surface area contributed by atoms with Crippen LogP contribution >= 0.6 is 11.8 Å². The molecule has 0 saturated carbocycles. The minimum atomic E-state index is 0.693. The van der Waals surface area contributed by atoms with Crippen molar-refractivity contribution in [1.82, 2.24) is 10.2 Å². The Morgan fingerprint density at radius 3 is 2.85 bits per heavy atom. The molecule has 1 N–H and O–H groups in total. The second kappa shape index (κ2) is 6.97. The molecule has 0 aliphatic carbocycles. The Labute approximate surface area is 127 Å². The molecule has 0 amide bonds. The first kappa shape index (κ1) is 14.4. The molecule has 0 spiro atoms. The summed E-state index contributed by atoms with van der Waals surface area (Å²) in [7, 11) is 0. The summed E-state index contributed by atoms with van der Waals surface area (Å²) >= 11 is 2.12. The molecule has 2 fully saturated rings. The molecule has 110 valence electrons. The van der Waals surface area contributed by atoms with E-state index in [0.717, 1.165) is 17.8 Å². The molecular weight excluding hydrogens is 264 g/mol. The van der Waals surface area contributed by atoms with E-state index < -0.39 is 0 Å². The molecule has 3 heteroatoms. The first-order valence-corrected chi connectivity index (χ1v) is 9.00. The number of thioether (sulfide) groups is 1. The third kappa shape index (κ3) is 3.78. The minimum Gasteiger partial charge on any atom is -0.309 e. The monoisotopic (exact) mass is 290 g/mol. The Balaban J connectivity index is 1.51. The Morgan fingerprint density at radius 1 is 1.25 bits per heavy atom. The molecule has 20 heavy (non-hydrogen) atoms. The second-order valence-electron chi connectivity index (χ2n) is 6.20. The fourth-order valence-electron chi connectivity index (χ4n) is 3.43. The quantitative estimate of drug-likeness (QED) is 0.917. The van der Waals surface area contributed by atoms with Crippen molar-refractivity contribution in [2.45, 2.75) is 50.1 Å². The van der Waals surface area contributed by atoms with Gasteiger partial charge in [0.2, 0.25) is 0 Å². The van der Waals surface area contributed by atoms with E-state index in [-0.39, 0.29) is 0 Å². The summed E-state index contributed by atoms with van der Waals surface area (Å²) in [5.74, 6) is 1.33. The van der Waals surface area contributed by atoms with Gasteiger partial charge in [-0.25, -0.2) is 0 Å². The van der Waals surface area contributed by atoms with Crippen LogP contribution in [0.2, 0.25) is 0 Å². The molecule has 1 aromatic carbocycles. The third-order valence-electron chi connectivity index (χ3n) is 4.58. The van der Waals surface area contributed by atoms with Gasteiger partial charge in [-0.05, 0) is 37.1 Å². The Kier molecular flexibility index (Phi) is 5.03. The molecule has 3 atom stereocenters. The lowest BCUT2D eigenvalue weighted by Crippen LogP contribution is -2.50. The number of hydrogen-bond donors (Lipinski definition) is 1. The van der Waals surface area contributed by atoms with Crippen molar-refractivity contribution < 1.29 is 0 Å². The average Bonchev–Trinajstić information content (AvgIpc) is 2.86. The molecule has 2 saturated heterocycles. The van der Waals surface area contributed by atoms with Crippen LogP contribution in [0.25, 0.3) is 0 Å². The smallest absolute Gasteiger partial charge is 0.0234 e. The lowest BCUT2D eigenvalue weighted by Gasteiger charge is -2.35. The Bertz CT molecular complexity index is 409. The summed E-state index contributed by atoms with van der Waals surface area (Å²) in [5, 5.41) is 4.71. The molecule has 2 nitrogen and oxygen atoms in total. The summed E-state index contributed by atoms with van der Waals surface area (Å²) in [4.78, 5) is 2.61. The summed E-state index contributed by atoms with van der Waals surface area (Å²) in [6.07, 6.45) is 4.03. The maximum Gasteiger partial charge on any atom is 0.0234 e. The van der Waals surface area contributed by atoms with E-state index in [9.17, 15) is 0 Å². The van der Waals surface area contributed by atoms with Crippen molar-refractivity contribution >= 4 is 11.8 Å². The highest BCUT2D eigenvalue weighted by Gasteiger charge is 2.28. The highest BCUT2D eigenvalue weighted by Crippen LogP contribution is 2.27. The SMILES string of the molecule is CC1SCCC1NC1CCCN(Cc2ccccc2)C1. The maximum absolute atomic E-state index is 3.92. The van der Waals surface area contributed by atoms with Crippen molar-refractivity contribution in [1.29, 1.82) is 0 Å². The number of rotatable bonds is 4. The Hall–Kier alpha value is -0.510. The highest BCUT2D eigenvalue weighted by molar-refractivity contribution is 8.00. The molecule has 3 unspecified atom stereocenters. The van der Waals surface area contributed by atoms with Crippen molar-refractivity contribution in [3.63, 3.8) is 0 Å². The summed E-state index contributed by atoms with van der Waals surface area (Å²) in [6.45, 7) is 5.94. The number of nitrogens with one attached hydrogen (secondary N) is 1. The van der Waals surface area contributed by atoms with Crippen LogP contribution in [0.4, 0.5) is 0 Å². The van der Waals surface area contributed by atoms with E-state index in [1.807, 2.05) is 0 Å². The van der Waals surface area contributed by atoms with Gasteiger partial charge in [0.15, 0.2) is 0 Å². The summed E-state index contributed by atoms with van der Waals surface area (Å²) in [6, 6.07) is 12.3. The van der Waals surface area contributed by atoms with Crippen LogP contribution in [0, 0.1) is 0 Å². The molecule has 1 aromatic rings. The van der Waals surface area contributed by atoms with Crippen LogP contribution in [-0.2, 0) is 6.54 Å². The van der Waals surface area contributed by atoms with E-state index in [0.29, 0.717) is 6.04 Å². The zero-order valence-electron chi connectivity index (χ0n) is 12.4. The van der Waals surface area contributed by atoms with Crippen LogP contribution < -0.4 is 5.32 Å². The van der Waals surface area contributed by atoms with E-state index in [4.69, 9.17) is 0 Å². The van der Waals surface area contributed by atoms with Crippen LogP contribution in [0.1, 0.15) is 31.7 Å². The lowest BCUT2D eigenvalue weighted by atomic mass is 10.0. The maximum atomic E-state index is 3.92. The predicted octanol–water partition coefficient (Wildman–Crippen LogP) is 3.13. The number of hydrogen-bond acceptors (Lipinski definition) is 3. The largest absolute Gasteiger partial charge is 0.309 e. The molecule has 0 aromatic heterocycles. The van der Waals surface area contributed by atoms with Crippen LogP contribution in [0.15, 0.2) is 30.3 Å². The topological polar surface area (TPSA) is 15.3 Å². The molecule has 0 radical (unpaired) electrons. The van der Waals surface area contributed by atoms with Gasteiger partial charge in [-0.1, -0.05) is 37.3 Å². The first-order valence-electron chi connectivity index (χ1n) is 7.95. The predicted molar refractivity (Wildman–Crippen MR) is 88.2 cm³/mol. The third-order valence-corrected chi connectivity index (χ3v) is 5.91. The highest BCUT2D eigenvalue weighted by atomic mass is 32.2. The van der Waals surface area contributed by atoms with Gasteiger partial charge in [0.25, 0.3) is 0 Å². The van der Waals surface area contributed by atoms with Gasteiger partial charge in [0.1, 0.15) is 0 Å². The molecular formula is C17H26N2S. The van der Waals surface area contributed by atoms with Gasteiger partial charge in [-0.2, -0.15) is 11.8 Å². The zero-order chi connectivity index (χ0) is 13.8. The molecule has 2 aliphatic heterocycles. The standard InChI is InChI=1S/C17H26N2S/c1-14-17(9-11-20-14)18-16-8-5-10-19(13-16)12-15-6-3-2-4-7-15/h2-4,6-7,14,16-18H,5,8-13H2,1H3. The van der Waals surface area contributed by atoms with Gasteiger partial charge < -0.3 is 5.32 Å². The van der Waals surface area contributed by atoms with Crippen molar-refractivity contribution in [2.75, 3.05) is 18.8 Å². The number of piperidine rings is 1. The van der Waals surface area contributed by atoms with E-state index >= 15 is 0 Å². The van der Waals surface area contributed by atoms with E-state index in [1.165, 1.54) is 43.7 Å². The van der Waals surface area contributed by atoms with Crippen molar-refractivity contribution in [3.05, 3.63) is 35.9 Å². The number of likely N-dealkylation sites (tertiary alicyclic amines) is 1.